The molecule has 0 aliphatic rings. The number of nitrogens with zero attached hydrogens (tertiary/aromatic N) is 2. The summed E-state index contributed by atoms with van der Waals surface area (Å²) in [6.07, 6.45) is 0.875. The van der Waals surface area contributed by atoms with Crippen LogP contribution in [0.4, 0.5) is 0 Å². The van der Waals surface area contributed by atoms with Crippen molar-refractivity contribution < 1.29 is 9.90 Å². The van der Waals surface area contributed by atoms with Gasteiger partial charge in [0, 0.05) is 4.88 Å². The normalized spacial score (nSPS) is 11.0. The van der Waals surface area contributed by atoms with Crippen LogP contribution in [-0.2, 0) is 13.0 Å². The van der Waals surface area contributed by atoms with Gasteiger partial charge < -0.3 is 5.11 Å². The van der Waals surface area contributed by atoms with E-state index in [0.29, 0.717) is 17.8 Å². The van der Waals surface area contributed by atoms with Gasteiger partial charge in [-0.2, -0.15) is 0 Å². The summed E-state index contributed by atoms with van der Waals surface area (Å²) in [6.45, 7) is 4.16. The number of carboxylic acids is 1. The zero-order chi connectivity index (χ0) is 16.6. The minimum atomic E-state index is -0.977. The maximum absolute atomic E-state index is 12.7. The number of hydrogen-bond donors (Lipinski definition) is 1. The van der Waals surface area contributed by atoms with Gasteiger partial charge in [-0.1, -0.05) is 19.1 Å². The first-order valence-electron chi connectivity index (χ1n) is 7.31. The Morgan fingerprint density at radius 2 is 2.13 bits per heavy atom. The molecule has 0 saturated heterocycles. The second kappa shape index (κ2) is 5.96. The van der Waals surface area contributed by atoms with Gasteiger partial charge in [0.1, 0.15) is 10.7 Å². The molecule has 0 aliphatic carbocycles. The fourth-order valence-electron chi connectivity index (χ4n) is 2.51. The Kier molecular flexibility index (Phi) is 4.00. The third kappa shape index (κ3) is 2.90. The fraction of sp³-hybridized carbons (Fsp3) is 0.235. The molecular weight excluding hydrogens is 312 g/mol. The predicted octanol–water partition coefficient (Wildman–Crippen LogP) is 3.08. The van der Waals surface area contributed by atoms with E-state index in [1.165, 1.54) is 6.07 Å². The maximum Gasteiger partial charge on any atom is 0.335 e. The quantitative estimate of drug-likeness (QED) is 0.799. The standard InChI is InChI=1S/C17H16N2O3S/c1-3-13-8-14-15(23-13)18-10(2)19(16(14)20)9-11-5-4-6-12(7-11)17(21)22/h4-8H,3,9H2,1-2H3,(H,21,22). The number of aromatic carboxylic acids is 1. The summed E-state index contributed by atoms with van der Waals surface area (Å²) in [7, 11) is 0. The minimum Gasteiger partial charge on any atom is -0.478 e. The summed E-state index contributed by atoms with van der Waals surface area (Å²) in [4.78, 5) is 30.2. The molecule has 0 spiro atoms. The van der Waals surface area contributed by atoms with Crippen LogP contribution in [0.5, 0.6) is 0 Å². The highest BCUT2D eigenvalue weighted by Gasteiger charge is 2.12. The highest BCUT2D eigenvalue weighted by Crippen LogP contribution is 2.22. The molecule has 0 amide bonds. The minimum absolute atomic E-state index is 0.0795. The summed E-state index contributed by atoms with van der Waals surface area (Å²) in [5.41, 5.74) is 0.900. The first-order valence-corrected chi connectivity index (χ1v) is 8.13. The van der Waals surface area contributed by atoms with E-state index in [1.807, 2.05) is 19.1 Å². The molecule has 1 N–H and O–H groups in total. The molecular formula is C17H16N2O3S. The van der Waals surface area contributed by atoms with Gasteiger partial charge in [0.2, 0.25) is 0 Å². The van der Waals surface area contributed by atoms with E-state index in [9.17, 15) is 9.59 Å². The van der Waals surface area contributed by atoms with Crippen LogP contribution in [0.3, 0.4) is 0 Å². The number of fused-ring (bicyclic) bond motifs is 1. The molecule has 2 heterocycles. The Balaban J connectivity index is 2.08. The average Bonchev–Trinajstić information content (AvgIpc) is 2.95. The van der Waals surface area contributed by atoms with Crippen LogP contribution in [0.2, 0.25) is 0 Å². The van der Waals surface area contributed by atoms with E-state index < -0.39 is 5.97 Å². The number of aromatic nitrogens is 2. The van der Waals surface area contributed by atoms with Crippen molar-refractivity contribution in [3.8, 4) is 0 Å². The van der Waals surface area contributed by atoms with Crippen molar-refractivity contribution in [2.45, 2.75) is 26.8 Å². The van der Waals surface area contributed by atoms with Gasteiger partial charge in [0.15, 0.2) is 0 Å². The number of carboxylic acid groups (broad SMARTS) is 1. The molecule has 3 rings (SSSR count). The summed E-state index contributed by atoms with van der Waals surface area (Å²) in [5, 5.41) is 9.71. The second-order valence-corrected chi connectivity index (χ2v) is 6.46. The molecule has 0 unspecified atom stereocenters. The van der Waals surface area contributed by atoms with E-state index in [0.717, 1.165) is 21.7 Å². The smallest absolute Gasteiger partial charge is 0.335 e. The van der Waals surface area contributed by atoms with Crippen LogP contribution in [0.25, 0.3) is 10.2 Å². The molecule has 0 radical (unpaired) electrons. The lowest BCUT2D eigenvalue weighted by molar-refractivity contribution is 0.0696. The Hall–Kier alpha value is -2.47. The number of aryl methyl sites for hydroxylation is 2. The fourth-order valence-corrected chi connectivity index (χ4v) is 3.52. The van der Waals surface area contributed by atoms with Gasteiger partial charge >= 0.3 is 5.97 Å². The third-order valence-electron chi connectivity index (χ3n) is 3.76. The van der Waals surface area contributed by atoms with Gasteiger partial charge in [-0.15, -0.1) is 11.3 Å². The van der Waals surface area contributed by atoms with Gasteiger partial charge in [-0.25, -0.2) is 9.78 Å². The molecule has 3 aromatic rings. The number of benzene rings is 1. The molecule has 6 heteroatoms. The molecule has 0 saturated carbocycles. The lowest BCUT2D eigenvalue weighted by Crippen LogP contribution is -2.24. The molecule has 23 heavy (non-hydrogen) atoms. The first kappa shape index (κ1) is 15.4. The van der Waals surface area contributed by atoms with E-state index in [4.69, 9.17) is 5.11 Å². The number of carbonyl (C=O) groups is 1. The van der Waals surface area contributed by atoms with Crippen molar-refractivity contribution in [1.82, 2.24) is 9.55 Å². The number of hydrogen-bond acceptors (Lipinski definition) is 4. The zero-order valence-electron chi connectivity index (χ0n) is 12.9. The summed E-state index contributed by atoms with van der Waals surface area (Å²) in [6, 6.07) is 8.52. The predicted molar refractivity (Wildman–Crippen MR) is 90.5 cm³/mol. The van der Waals surface area contributed by atoms with Crippen LogP contribution in [0.1, 0.15) is 33.5 Å². The molecule has 5 nitrogen and oxygen atoms in total. The summed E-state index contributed by atoms with van der Waals surface area (Å²) < 4.78 is 1.59. The number of rotatable bonds is 4. The second-order valence-electron chi connectivity index (χ2n) is 5.34. The van der Waals surface area contributed by atoms with Crippen LogP contribution >= 0.6 is 11.3 Å². The molecule has 118 valence electrons. The van der Waals surface area contributed by atoms with E-state index in [2.05, 4.69) is 4.98 Å². The van der Waals surface area contributed by atoms with Crippen molar-refractivity contribution >= 4 is 27.5 Å². The third-order valence-corrected chi connectivity index (χ3v) is 4.93. The van der Waals surface area contributed by atoms with Crippen LogP contribution in [0, 0.1) is 6.92 Å². The summed E-state index contributed by atoms with van der Waals surface area (Å²) >= 11 is 1.54. The molecule has 1 aromatic carbocycles. The Morgan fingerprint density at radius 3 is 2.83 bits per heavy atom. The lowest BCUT2D eigenvalue weighted by atomic mass is 10.1. The topological polar surface area (TPSA) is 72.2 Å². The molecule has 2 aromatic heterocycles. The van der Waals surface area contributed by atoms with Gasteiger partial charge in [0.05, 0.1) is 17.5 Å². The molecule has 0 fully saturated rings. The lowest BCUT2D eigenvalue weighted by Gasteiger charge is -2.10. The molecule has 0 atom stereocenters. The Labute approximate surface area is 136 Å². The highest BCUT2D eigenvalue weighted by atomic mass is 32.1. The van der Waals surface area contributed by atoms with Crippen molar-refractivity contribution in [2.75, 3.05) is 0 Å². The van der Waals surface area contributed by atoms with E-state index >= 15 is 0 Å². The Bertz CT molecular complexity index is 956. The van der Waals surface area contributed by atoms with E-state index in [-0.39, 0.29) is 11.1 Å². The summed E-state index contributed by atoms with van der Waals surface area (Å²) in [5.74, 6) is -0.345. The van der Waals surface area contributed by atoms with Crippen molar-refractivity contribution in [3.63, 3.8) is 0 Å². The highest BCUT2D eigenvalue weighted by molar-refractivity contribution is 7.18. The average molecular weight is 328 g/mol. The van der Waals surface area contributed by atoms with Gasteiger partial charge in [-0.3, -0.25) is 9.36 Å². The number of thiophene rings is 1. The maximum atomic E-state index is 12.7. The van der Waals surface area contributed by atoms with Crippen LogP contribution in [0.15, 0.2) is 35.1 Å². The largest absolute Gasteiger partial charge is 0.478 e. The van der Waals surface area contributed by atoms with Crippen LogP contribution in [-0.4, -0.2) is 20.6 Å². The first-order chi connectivity index (χ1) is 11.0. The molecule has 0 aliphatic heterocycles. The van der Waals surface area contributed by atoms with Crippen molar-refractivity contribution in [1.29, 1.82) is 0 Å². The van der Waals surface area contributed by atoms with Crippen molar-refractivity contribution in [3.05, 3.63) is 62.5 Å². The molecule has 0 bridgehead atoms. The zero-order valence-corrected chi connectivity index (χ0v) is 13.7. The van der Waals surface area contributed by atoms with Gasteiger partial charge in [0.25, 0.3) is 5.56 Å². The van der Waals surface area contributed by atoms with Crippen LogP contribution < -0.4 is 5.56 Å². The van der Waals surface area contributed by atoms with Crippen molar-refractivity contribution in [2.24, 2.45) is 0 Å². The van der Waals surface area contributed by atoms with E-state index in [1.54, 1.807) is 35.0 Å². The Morgan fingerprint density at radius 1 is 1.35 bits per heavy atom. The van der Waals surface area contributed by atoms with Gasteiger partial charge in [-0.05, 0) is 37.1 Å². The monoisotopic (exact) mass is 328 g/mol. The SMILES string of the molecule is CCc1cc2c(=O)n(Cc3cccc(C(=O)O)c3)c(C)nc2s1.